The Bertz CT molecular complexity index is 240. The van der Waals surface area contributed by atoms with Gasteiger partial charge in [-0.2, -0.15) is 0 Å². The number of aliphatic hydroxyl groups excluding tert-OH is 2. The molecule has 0 aromatic heterocycles. The van der Waals surface area contributed by atoms with Crippen molar-refractivity contribution in [1.29, 1.82) is 0 Å². The lowest BCUT2D eigenvalue weighted by Gasteiger charge is -2.13. The Hall–Kier alpha value is -0.470. The average Bonchev–Trinajstić information content (AvgIpc) is 2.19. The van der Waals surface area contributed by atoms with Crippen molar-refractivity contribution in [3.63, 3.8) is 0 Å². The van der Waals surface area contributed by atoms with Crippen molar-refractivity contribution in [3.8, 4) is 0 Å². The van der Waals surface area contributed by atoms with Crippen LogP contribution < -0.4 is 5.30 Å². The summed E-state index contributed by atoms with van der Waals surface area (Å²) in [4.78, 5) is 9.62. The summed E-state index contributed by atoms with van der Waals surface area (Å²) in [7, 11) is -1.33. The van der Waals surface area contributed by atoms with Crippen LogP contribution in [0.4, 0.5) is 0 Å². The van der Waals surface area contributed by atoms with Crippen LogP contribution in [0.3, 0.4) is 0 Å². The number of benzene rings is 1. The van der Waals surface area contributed by atoms with Gasteiger partial charge in [0.1, 0.15) is 0 Å². The second-order valence-corrected chi connectivity index (χ2v) is 4.43. The third-order valence-electron chi connectivity index (χ3n) is 1.65. The smallest absolute Gasteiger partial charge is 0.0834 e. The average molecular weight is 200 g/mol. The van der Waals surface area contributed by atoms with E-state index in [9.17, 15) is 4.89 Å². The standard InChI is InChI=1S/C9H13O3P/c10-6-8(11)7-13(12)9-4-2-1-3-5-9/h1-5,8,10-12H,6-7H2. The van der Waals surface area contributed by atoms with E-state index in [1.807, 2.05) is 30.3 Å². The lowest BCUT2D eigenvalue weighted by Crippen LogP contribution is -2.18. The minimum Gasteiger partial charge on any atom is -0.394 e. The maximum absolute atomic E-state index is 9.62. The van der Waals surface area contributed by atoms with Crippen molar-refractivity contribution in [2.24, 2.45) is 0 Å². The van der Waals surface area contributed by atoms with Crippen LogP contribution in [0.5, 0.6) is 0 Å². The molecule has 0 radical (unpaired) electrons. The zero-order valence-electron chi connectivity index (χ0n) is 7.17. The van der Waals surface area contributed by atoms with Gasteiger partial charge < -0.3 is 15.1 Å². The SMILES string of the molecule is OCC(O)CP(O)c1ccccc1. The van der Waals surface area contributed by atoms with Crippen molar-refractivity contribution < 1.29 is 15.1 Å². The second kappa shape index (κ2) is 5.30. The summed E-state index contributed by atoms with van der Waals surface area (Å²) < 4.78 is 0. The van der Waals surface area contributed by atoms with Crippen LogP contribution in [0.15, 0.2) is 30.3 Å². The van der Waals surface area contributed by atoms with Crippen molar-refractivity contribution in [1.82, 2.24) is 0 Å². The molecule has 0 aliphatic rings. The number of rotatable bonds is 4. The van der Waals surface area contributed by atoms with Crippen LogP contribution in [0.25, 0.3) is 0 Å². The number of aliphatic hydroxyl groups is 2. The van der Waals surface area contributed by atoms with E-state index in [0.717, 1.165) is 5.30 Å². The highest BCUT2D eigenvalue weighted by atomic mass is 31.1. The lowest BCUT2D eigenvalue weighted by molar-refractivity contribution is 0.112. The summed E-state index contributed by atoms with van der Waals surface area (Å²) in [6.45, 7) is -0.299. The van der Waals surface area contributed by atoms with Gasteiger partial charge in [0.2, 0.25) is 0 Å². The molecule has 0 aliphatic carbocycles. The second-order valence-electron chi connectivity index (χ2n) is 2.75. The lowest BCUT2D eigenvalue weighted by atomic mass is 10.4. The topological polar surface area (TPSA) is 60.7 Å². The molecule has 0 heterocycles. The van der Waals surface area contributed by atoms with Gasteiger partial charge in [0, 0.05) is 11.5 Å². The molecule has 0 bridgehead atoms. The summed E-state index contributed by atoms with van der Waals surface area (Å²) in [5.41, 5.74) is 0. The largest absolute Gasteiger partial charge is 0.394 e. The highest BCUT2D eigenvalue weighted by molar-refractivity contribution is 7.60. The summed E-state index contributed by atoms with van der Waals surface area (Å²) >= 11 is 0. The molecule has 72 valence electrons. The highest BCUT2D eigenvalue weighted by Crippen LogP contribution is 2.28. The molecule has 1 aromatic carbocycles. The molecule has 0 saturated carbocycles. The molecule has 4 heteroatoms. The molecular weight excluding hydrogens is 187 g/mol. The molecule has 13 heavy (non-hydrogen) atoms. The molecule has 0 saturated heterocycles. The molecular formula is C9H13O3P. The molecule has 0 aliphatic heterocycles. The summed E-state index contributed by atoms with van der Waals surface area (Å²) in [6, 6.07) is 9.18. The van der Waals surface area contributed by atoms with Crippen molar-refractivity contribution >= 4 is 13.5 Å². The molecule has 1 rings (SSSR count). The molecule has 2 unspecified atom stereocenters. The summed E-state index contributed by atoms with van der Waals surface area (Å²) in [6.07, 6.45) is -0.591. The van der Waals surface area contributed by atoms with E-state index in [1.165, 1.54) is 0 Å². The Morgan fingerprint density at radius 1 is 1.23 bits per heavy atom. The fraction of sp³-hybridized carbons (Fsp3) is 0.333. The van der Waals surface area contributed by atoms with E-state index in [2.05, 4.69) is 0 Å². The molecule has 0 amide bonds. The van der Waals surface area contributed by atoms with Crippen LogP contribution in [0, 0.1) is 0 Å². The predicted octanol–water partition coefficient (Wildman–Crippen LogP) is 0.0543. The van der Waals surface area contributed by atoms with E-state index in [0.29, 0.717) is 0 Å². The van der Waals surface area contributed by atoms with Crippen LogP contribution in [0.2, 0.25) is 0 Å². The number of hydrogen-bond acceptors (Lipinski definition) is 3. The van der Waals surface area contributed by atoms with Crippen molar-refractivity contribution in [2.45, 2.75) is 6.10 Å². The van der Waals surface area contributed by atoms with Gasteiger partial charge in [0.25, 0.3) is 0 Å². The summed E-state index contributed by atoms with van der Waals surface area (Å²) in [5.74, 6) is 0. The van der Waals surface area contributed by atoms with Gasteiger partial charge in [0.05, 0.1) is 20.9 Å². The van der Waals surface area contributed by atoms with Crippen LogP contribution in [0.1, 0.15) is 0 Å². The minimum atomic E-state index is -1.33. The molecule has 2 atom stereocenters. The Kier molecular flexibility index (Phi) is 4.33. The van der Waals surface area contributed by atoms with E-state index >= 15 is 0 Å². The predicted molar refractivity (Wildman–Crippen MR) is 53.2 cm³/mol. The quantitative estimate of drug-likeness (QED) is 0.602. The van der Waals surface area contributed by atoms with Gasteiger partial charge in [-0.1, -0.05) is 30.3 Å². The Morgan fingerprint density at radius 2 is 1.85 bits per heavy atom. The fourth-order valence-electron chi connectivity index (χ4n) is 0.963. The Morgan fingerprint density at radius 3 is 2.38 bits per heavy atom. The first-order valence-corrected chi connectivity index (χ1v) is 5.52. The summed E-state index contributed by atoms with van der Waals surface area (Å²) in [5, 5.41) is 18.5. The maximum Gasteiger partial charge on any atom is 0.0834 e. The van der Waals surface area contributed by atoms with Crippen molar-refractivity contribution in [2.75, 3.05) is 12.8 Å². The fourth-order valence-corrected chi connectivity index (χ4v) is 2.20. The number of hydrogen-bond donors (Lipinski definition) is 3. The molecule has 3 nitrogen and oxygen atoms in total. The van der Waals surface area contributed by atoms with E-state index in [4.69, 9.17) is 10.2 Å². The monoisotopic (exact) mass is 200 g/mol. The highest BCUT2D eigenvalue weighted by Gasteiger charge is 2.12. The van der Waals surface area contributed by atoms with E-state index in [1.54, 1.807) is 0 Å². The van der Waals surface area contributed by atoms with Crippen molar-refractivity contribution in [3.05, 3.63) is 30.3 Å². The zero-order valence-corrected chi connectivity index (χ0v) is 8.06. The van der Waals surface area contributed by atoms with Gasteiger partial charge in [-0.05, 0) is 0 Å². The van der Waals surface area contributed by atoms with Gasteiger partial charge in [-0.25, -0.2) is 0 Å². The van der Waals surface area contributed by atoms with Gasteiger partial charge in [-0.15, -0.1) is 0 Å². The maximum atomic E-state index is 9.62. The van der Waals surface area contributed by atoms with E-state index < -0.39 is 14.3 Å². The molecule has 1 aromatic rings. The first-order chi connectivity index (χ1) is 6.24. The first kappa shape index (κ1) is 10.6. The normalized spacial score (nSPS) is 15.3. The van der Waals surface area contributed by atoms with Crippen LogP contribution in [-0.2, 0) is 0 Å². The van der Waals surface area contributed by atoms with Gasteiger partial charge >= 0.3 is 0 Å². The molecule has 0 spiro atoms. The first-order valence-electron chi connectivity index (χ1n) is 4.04. The van der Waals surface area contributed by atoms with Crippen LogP contribution >= 0.6 is 8.15 Å². The third-order valence-corrected chi connectivity index (χ3v) is 3.31. The van der Waals surface area contributed by atoms with E-state index in [-0.39, 0.29) is 12.8 Å². The Labute approximate surface area is 78.5 Å². The molecule has 3 N–H and O–H groups in total. The zero-order chi connectivity index (χ0) is 9.68. The van der Waals surface area contributed by atoms with Gasteiger partial charge in [0.15, 0.2) is 0 Å². The minimum absolute atomic E-state index is 0.232. The molecule has 0 fully saturated rings. The van der Waals surface area contributed by atoms with Gasteiger partial charge in [-0.3, -0.25) is 0 Å². The van der Waals surface area contributed by atoms with Crippen LogP contribution in [-0.4, -0.2) is 34.0 Å². The Balaban J connectivity index is 2.53. The third kappa shape index (κ3) is 3.41.